The van der Waals surface area contributed by atoms with Gasteiger partial charge in [-0.15, -0.1) is 0 Å². The summed E-state index contributed by atoms with van der Waals surface area (Å²) >= 11 is 6.06. The standard InChI is InChI=1S/C21H21ClN4O3/c22-15-4-3-5-16(14-15)24-10-12-25(13-11-24)19(27)8-9-26-21(29)18-7-2-1-6-17(18)20(28)23-26/h1-7,14H,8-13H2,(H,23,28). The fraction of sp³-hybridized carbons (Fsp3) is 0.286. The number of nitrogens with zero attached hydrogens (tertiary/aromatic N) is 3. The van der Waals surface area contributed by atoms with Gasteiger partial charge in [0.05, 0.1) is 17.3 Å². The Hall–Kier alpha value is -3.06. The van der Waals surface area contributed by atoms with Crippen LogP contribution < -0.4 is 16.0 Å². The van der Waals surface area contributed by atoms with Crippen LogP contribution in [-0.4, -0.2) is 46.8 Å². The molecule has 0 radical (unpaired) electrons. The first kappa shape index (κ1) is 19.3. The van der Waals surface area contributed by atoms with E-state index in [1.807, 2.05) is 24.3 Å². The lowest BCUT2D eigenvalue weighted by molar-refractivity contribution is -0.131. The number of hydrogen-bond acceptors (Lipinski definition) is 4. The zero-order valence-electron chi connectivity index (χ0n) is 15.8. The number of carbonyl (C=O) groups is 1. The molecule has 1 amide bonds. The first-order valence-corrected chi connectivity index (χ1v) is 9.91. The van der Waals surface area contributed by atoms with Crippen molar-refractivity contribution in [3.63, 3.8) is 0 Å². The van der Waals surface area contributed by atoms with Crippen LogP contribution in [0.2, 0.25) is 5.02 Å². The quantitative estimate of drug-likeness (QED) is 0.711. The number of amides is 1. The second kappa shape index (κ2) is 8.13. The largest absolute Gasteiger partial charge is 0.368 e. The van der Waals surface area contributed by atoms with Crippen molar-refractivity contribution in [3.8, 4) is 0 Å². The van der Waals surface area contributed by atoms with E-state index in [-0.39, 0.29) is 30.0 Å². The average molecular weight is 413 g/mol. The number of carbonyl (C=O) groups excluding carboxylic acids is 1. The van der Waals surface area contributed by atoms with Gasteiger partial charge in [-0.05, 0) is 30.3 Å². The lowest BCUT2D eigenvalue weighted by Crippen LogP contribution is -2.49. The summed E-state index contributed by atoms with van der Waals surface area (Å²) in [5, 5.41) is 3.98. The van der Waals surface area contributed by atoms with Crippen LogP contribution >= 0.6 is 11.6 Å². The first-order valence-electron chi connectivity index (χ1n) is 9.53. The van der Waals surface area contributed by atoms with Crippen molar-refractivity contribution >= 4 is 34.0 Å². The van der Waals surface area contributed by atoms with Gasteiger partial charge in [0.25, 0.3) is 11.1 Å². The number of H-pyrrole nitrogens is 1. The summed E-state index contributed by atoms with van der Waals surface area (Å²) in [5.74, 6) is -0.0309. The van der Waals surface area contributed by atoms with Crippen LogP contribution in [0.4, 0.5) is 5.69 Å². The third kappa shape index (κ3) is 4.05. The Bertz CT molecular complexity index is 1160. The van der Waals surface area contributed by atoms with Crippen LogP contribution in [-0.2, 0) is 11.3 Å². The number of aromatic nitrogens is 2. The summed E-state index contributed by atoms with van der Waals surface area (Å²) < 4.78 is 1.23. The molecule has 0 atom stereocenters. The smallest absolute Gasteiger partial charge is 0.273 e. The number of aromatic amines is 1. The monoisotopic (exact) mass is 412 g/mol. The third-order valence-corrected chi connectivity index (χ3v) is 5.47. The van der Waals surface area contributed by atoms with Gasteiger partial charge < -0.3 is 9.80 Å². The van der Waals surface area contributed by atoms with Gasteiger partial charge in [-0.1, -0.05) is 29.8 Å². The summed E-state index contributed by atoms with van der Waals surface area (Å²) in [5.41, 5.74) is 0.423. The molecule has 1 aliphatic heterocycles. The highest BCUT2D eigenvalue weighted by molar-refractivity contribution is 6.30. The van der Waals surface area contributed by atoms with Gasteiger partial charge in [0.1, 0.15) is 0 Å². The molecule has 1 N–H and O–H groups in total. The number of aryl methyl sites for hydroxylation is 1. The predicted molar refractivity (Wildman–Crippen MR) is 114 cm³/mol. The SMILES string of the molecule is O=C(CCn1[nH]c(=O)c2ccccc2c1=O)N1CCN(c2cccc(Cl)c2)CC1. The highest BCUT2D eigenvalue weighted by atomic mass is 35.5. The number of halogens is 1. The van der Waals surface area contributed by atoms with Crippen molar-refractivity contribution in [3.05, 3.63) is 74.3 Å². The highest BCUT2D eigenvalue weighted by Crippen LogP contribution is 2.21. The Labute approximate surface area is 172 Å². The van der Waals surface area contributed by atoms with Crippen molar-refractivity contribution in [1.82, 2.24) is 14.7 Å². The minimum atomic E-state index is -0.331. The Morgan fingerprint density at radius 3 is 2.41 bits per heavy atom. The van der Waals surface area contributed by atoms with Crippen molar-refractivity contribution < 1.29 is 4.79 Å². The van der Waals surface area contributed by atoms with Gasteiger partial charge >= 0.3 is 0 Å². The van der Waals surface area contributed by atoms with Gasteiger partial charge in [-0.3, -0.25) is 19.5 Å². The fourth-order valence-electron chi connectivity index (χ4n) is 3.66. The van der Waals surface area contributed by atoms with Crippen molar-refractivity contribution in [1.29, 1.82) is 0 Å². The minimum Gasteiger partial charge on any atom is -0.368 e. The molecule has 1 saturated heterocycles. The number of piperazine rings is 1. The number of benzene rings is 2. The van der Waals surface area contributed by atoms with E-state index < -0.39 is 0 Å². The van der Waals surface area contributed by atoms with Crippen LogP contribution in [0.3, 0.4) is 0 Å². The van der Waals surface area contributed by atoms with E-state index in [2.05, 4.69) is 10.00 Å². The maximum Gasteiger partial charge on any atom is 0.273 e. The fourth-order valence-corrected chi connectivity index (χ4v) is 3.84. The van der Waals surface area contributed by atoms with E-state index in [4.69, 9.17) is 11.6 Å². The average Bonchev–Trinajstić information content (AvgIpc) is 2.75. The molecule has 7 nitrogen and oxygen atoms in total. The van der Waals surface area contributed by atoms with Crippen molar-refractivity contribution in [2.75, 3.05) is 31.1 Å². The van der Waals surface area contributed by atoms with Crippen molar-refractivity contribution in [2.45, 2.75) is 13.0 Å². The van der Waals surface area contributed by atoms with Gasteiger partial charge in [0, 0.05) is 43.3 Å². The number of nitrogens with one attached hydrogen (secondary N) is 1. The molecule has 29 heavy (non-hydrogen) atoms. The van der Waals surface area contributed by atoms with Gasteiger partial charge in [-0.25, -0.2) is 4.68 Å². The van der Waals surface area contributed by atoms with E-state index in [0.29, 0.717) is 28.9 Å². The second-order valence-corrected chi connectivity index (χ2v) is 7.48. The van der Waals surface area contributed by atoms with E-state index in [9.17, 15) is 14.4 Å². The zero-order valence-corrected chi connectivity index (χ0v) is 16.6. The molecule has 0 unspecified atom stereocenters. The summed E-state index contributed by atoms with van der Waals surface area (Å²) in [6, 6.07) is 14.4. The third-order valence-electron chi connectivity index (χ3n) is 5.24. The maximum atomic E-state index is 12.6. The van der Waals surface area contributed by atoms with E-state index in [0.717, 1.165) is 18.8 Å². The number of hydrogen-bond donors (Lipinski definition) is 1. The number of anilines is 1. The lowest BCUT2D eigenvalue weighted by Gasteiger charge is -2.36. The van der Waals surface area contributed by atoms with Crippen LogP contribution in [0.5, 0.6) is 0 Å². The molecular weight excluding hydrogens is 392 g/mol. The molecule has 0 aliphatic carbocycles. The van der Waals surface area contributed by atoms with E-state index >= 15 is 0 Å². The molecule has 0 bridgehead atoms. The van der Waals surface area contributed by atoms with Crippen LogP contribution in [0.1, 0.15) is 6.42 Å². The molecule has 8 heteroatoms. The van der Waals surface area contributed by atoms with E-state index in [1.54, 1.807) is 29.2 Å². The van der Waals surface area contributed by atoms with Gasteiger partial charge in [0.2, 0.25) is 5.91 Å². The molecule has 3 aromatic rings. The molecule has 2 aromatic carbocycles. The predicted octanol–water partition coefficient (Wildman–Crippen LogP) is 2.08. The summed E-state index contributed by atoms with van der Waals surface area (Å²) in [6.45, 7) is 2.80. The normalized spacial score (nSPS) is 14.4. The molecule has 1 fully saturated rings. The first-order chi connectivity index (χ1) is 14.0. The molecule has 1 aliphatic rings. The zero-order chi connectivity index (χ0) is 20.4. The molecular formula is C21H21ClN4O3. The Kier molecular flexibility index (Phi) is 5.40. The summed E-state index contributed by atoms with van der Waals surface area (Å²) in [4.78, 5) is 41.3. The molecule has 4 rings (SSSR count). The summed E-state index contributed by atoms with van der Waals surface area (Å²) in [7, 11) is 0. The topological polar surface area (TPSA) is 78.4 Å². The highest BCUT2D eigenvalue weighted by Gasteiger charge is 2.21. The molecule has 150 valence electrons. The molecule has 0 spiro atoms. The van der Waals surface area contributed by atoms with Crippen LogP contribution in [0.25, 0.3) is 10.8 Å². The van der Waals surface area contributed by atoms with Gasteiger partial charge in [0.15, 0.2) is 0 Å². The van der Waals surface area contributed by atoms with E-state index in [1.165, 1.54) is 4.68 Å². The molecule has 2 heterocycles. The maximum absolute atomic E-state index is 12.6. The molecule has 1 aromatic heterocycles. The minimum absolute atomic E-state index is 0.0309. The Morgan fingerprint density at radius 2 is 1.69 bits per heavy atom. The molecule has 0 saturated carbocycles. The number of rotatable bonds is 4. The number of fused-ring (bicyclic) bond motifs is 1. The Morgan fingerprint density at radius 1 is 0.966 bits per heavy atom. The van der Waals surface area contributed by atoms with Crippen molar-refractivity contribution in [2.24, 2.45) is 0 Å². The lowest BCUT2D eigenvalue weighted by atomic mass is 10.2. The van der Waals surface area contributed by atoms with Gasteiger partial charge in [-0.2, -0.15) is 0 Å². The Balaban J connectivity index is 1.39. The van der Waals surface area contributed by atoms with Crippen LogP contribution in [0, 0.1) is 0 Å². The summed E-state index contributed by atoms with van der Waals surface area (Å²) in [6.07, 6.45) is 0.158. The second-order valence-electron chi connectivity index (χ2n) is 7.04. The van der Waals surface area contributed by atoms with Crippen LogP contribution in [0.15, 0.2) is 58.1 Å².